The molecule has 0 radical (unpaired) electrons. The Morgan fingerprint density at radius 1 is 1.19 bits per heavy atom. The summed E-state index contributed by atoms with van der Waals surface area (Å²) >= 11 is 0. The second-order valence-corrected chi connectivity index (χ2v) is 7.08. The van der Waals surface area contributed by atoms with Crippen LogP contribution in [0.1, 0.15) is 50.5 Å². The van der Waals surface area contributed by atoms with Crippen LogP contribution in [0.5, 0.6) is 0 Å². The van der Waals surface area contributed by atoms with Gasteiger partial charge in [0.05, 0.1) is 0 Å². The first-order chi connectivity index (χ1) is 12.8. The van der Waals surface area contributed by atoms with E-state index in [1.807, 2.05) is 5.32 Å². The lowest BCUT2D eigenvalue weighted by molar-refractivity contribution is -0.197. The fraction of sp³-hybridized carbons (Fsp3) is 0.526. The minimum absolute atomic E-state index is 0.0496. The van der Waals surface area contributed by atoms with Gasteiger partial charge in [-0.05, 0) is 12.3 Å². The smallest absolute Gasteiger partial charge is 0.316 e. The second kappa shape index (κ2) is 7.70. The Bertz CT molecular complexity index is 727. The van der Waals surface area contributed by atoms with Gasteiger partial charge >= 0.3 is 11.8 Å². The van der Waals surface area contributed by atoms with Crippen LogP contribution in [0.4, 0.5) is 13.2 Å². The molecule has 146 valence electrons. The molecular weight excluding hydrogens is 359 g/mol. The van der Waals surface area contributed by atoms with E-state index in [1.165, 1.54) is 12.1 Å². The lowest BCUT2D eigenvalue weighted by Gasteiger charge is -2.27. The monoisotopic (exact) mass is 381 g/mol. The zero-order chi connectivity index (χ0) is 19.5. The first-order valence-electron chi connectivity index (χ1n) is 9.16. The average molecular weight is 381 g/mol. The lowest BCUT2D eigenvalue weighted by atomic mass is 9.86. The van der Waals surface area contributed by atoms with Gasteiger partial charge in [0.2, 0.25) is 5.91 Å². The standard InChI is InChI=1S/C19H22F3N3O2/c20-19(21,22)18(24-15(26)12-11-13-7-3-1-4-8-13)17(27)23-16(25-18)14-9-5-2-6-10-14/h2,5-6,9-10,13H,1,3-4,7-8,11-12H2,(H,24,26)(H,23,25,27)/t18-/m1/s1. The van der Waals surface area contributed by atoms with Gasteiger partial charge in [0.15, 0.2) is 0 Å². The van der Waals surface area contributed by atoms with Gasteiger partial charge in [-0.2, -0.15) is 13.2 Å². The predicted octanol–water partition coefficient (Wildman–Crippen LogP) is 3.30. The molecule has 1 atom stereocenters. The average Bonchev–Trinajstić information content (AvgIpc) is 2.99. The predicted molar refractivity (Wildman–Crippen MR) is 93.9 cm³/mol. The molecule has 0 bridgehead atoms. The molecular formula is C19H22F3N3O2. The van der Waals surface area contributed by atoms with Crippen molar-refractivity contribution in [1.29, 1.82) is 0 Å². The number of carbonyl (C=O) groups excluding carboxylic acids is 2. The molecule has 1 fully saturated rings. The molecule has 1 saturated carbocycles. The molecule has 2 amide bonds. The highest BCUT2D eigenvalue weighted by molar-refractivity contribution is 6.16. The first-order valence-corrected chi connectivity index (χ1v) is 9.16. The maximum atomic E-state index is 13.7. The number of carbonyl (C=O) groups is 2. The first kappa shape index (κ1) is 19.4. The molecule has 2 N–H and O–H groups in total. The number of benzene rings is 1. The third-order valence-corrected chi connectivity index (χ3v) is 5.12. The highest BCUT2D eigenvalue weighted by atomic mass is 19.4. The van der Waals surface area contributed by atoms with Crippen molar-refractivity contribution < 1.29 is 22.8 Å². The third-order valence-electron chi connectivity index (χ3n) is 5.12. The number of rotatable bonds is 5. The number of alkyl halides is 3. The molecule has 0 unspecified atom stereocenters. The molecule has 0 aromatic heterocycles. The number of nitrogens with zero attached hydrogens (tertiary/aromatic N) is 1. The Balaban J connectivity index is 1.76. The molecule has 8 heteroatoms. The number of nitrogens with one attached hydrogen (secondary N) is 2. The van der Waals surface area contributed by atoms with Gasteiger partial charge in [-0.25, -0.2) is 4.99 Å². The van der Waals surface area contributed by atoms with Crippen molar-refractivity contribution in [2.45, 2.75) is 56.8 Å². The zero-order valence-corrected chi connectivity index (χ0v) is 14.8. The van der Waals surface area contributed by atoms with Gasteiger partial charge in [-0.3, -0.25) is 9.59 Å². The minimum Gasteiger partial charge on any atom is -0.316 e. The van der Waals surface area contributed by atoms with E-state index < -0.39 is 23.7 Å². The summed E-state index contributed by atoms with van der Waals surface area (Å²) in [5.41, 5.74) is -2.93. The van der Waals surface area contributed by atoms with Crippen LogP contribution in [0.15, 0.2) is 35.3 Å². The van der Waals surface area contributed by atoms with Crippen molar-refractivity contribution in [3.05, 3.63) is 35.9 Å². The van der Waals surface area contributed by atoms with Crippen molar-refractivity contribution in [2.75, 3.05) is 0 Å². The maximum Gasteiger partial charge on any atom is 0.442 e. The Kier molecular flexibility index (Phi) is 5.53. The van der Waals surface area contributed by atoms with Gasteiger partial charge < -0.3 is 10.6 Å². The van der Waals surface area contributed by atoms with Gasteiger partial charge in [-0.1, -0.05) is 62.4 Å². The van der Waals surface area contributed by atoms with Crippen LogP contribution >= 0.6 is 0 Å². The van der Waals surface area contributed by atoms with E-state index in [2.05, 4.69) is 10.3 Å². The molecule has 1 aliphatic heterocycles. The van der Waals surface area contributed by atoms with E-state index in [1.54, 1.807) is 18.2 Å². The maximum absolute atomic E-state index is 13.7. The number of aliphatic imine (C=N–C) groups is 1. The number of amides is 2. The van der Waals surface area contributed by atoms with Crippen LogP contribution < -0.4 is 10.6 Å². The summed E-state index contributed by atoms with van der Waals surface area (Å²) in [4.78, 5) is 28.0. The third kappa shape index (κ3) is 4.14. The molecule has 3 rings (SSSR count). The molecule has 5 nitrogen and oxygen atoms in total. The number of hydrogen-bond acceptors (Lipinski definition) is 3. The summed E-state index contributed by atoms with van der Waals surface area (Å²) in [6, 6.07) is 8.03. The van der Waals surface area contributed by atoms with Crippen molar-refractivity contribution >= 4 is 17.6 Å². The van der Waals surface area contributed by atoms with Gasteiger partial charge in [0, 0.05) is 12.0 Å². The van der Waals surface area contributed by atoms with Crippen LogP contribution in [-0.4, -0.2) is 29.5 Å². The van der Waals surface area contributed by atoms with Crippen molar-refractivity contribution in [1.82, 2.24) is 10.6 Å². The van der Waals surface area contributed by atoms with Gasteiger partial charge in [0.25, 0.3) is 5.91 Å². The quantitative estimate of drug-likeness (QED) is 0.822. The van der Waals surface area contributed by atoms with Crippen molar-refractivity contribution in [3.63, 3.8) is 0 Å². The SMILES string of the molecule is O=C(CCC1CCCCC1)N[C@@]1(C(F)(F)F)N=C(c2ccccc2)NC1=O. The van der Waals surface area contributed by atoms with E-state index >= 15 is 0 Å². The summed E-state index contributed by atoms with van der Waals surface area (Å²) in [6.45, 7) is 0. The summed E-state index contributed by atoms with van der Waals surface area (Å²) in [5.74, 6) is -2.05. The number of amidine groups is 1. The highest BCUT2D eigenvalue weighted by Crippen LogP contribution is 2.35. The molecule has 1 heterocycles. The van der Waals surface area contributed by atoms with Crippen molar-refractivity contribution in [2.24, 2.45) is 10.9 Å². The van der Waals surface area contributed by atoms with E-state index in [0.29, 0.717) is 17.9 Å². The van der Waals surface area contributed by atoms with Crippen molar-refractivity contribution in [3.8, 4) is 0 Å². The zero-order valence-electron chi connectivity index (χ0n) is 14.8. The summed E-state index contributed by atoms with van der Waals surface area (Å²) < 4.78 is 41.2. The minimum atomic E-state index is -5.05. The largest absolute Gasteiger partial charge is 0.442 e. The fourth-order valence-corrected chi connectivity index (χ4v) is 3.60. The van der Waals surface area contributed by atoms with E-state index in [4.69, 9.17) is 0 Å². The Morgan fingerprint density at radius 3 is 2.48 bits per heavy atom. The summed E-state index contributed by atoms with van der Waals surface area (Å²) in [7, 11) is 0. The Morgan fingerprint density at radius 2 is 1.85 bits per heavy atom. The number of halogens is 3. The van der Waals surface area contributed by atoms with E-state index in [0.717, 1.165) is 32.1 Å². The van der Waals surface area contributed by atoms with Gasteiger partial charge in [-0.15, -0.1) is 0 Å². The Hall–Kier alpha value is -2.38. The van der Waals surface area contributed by atoms with Crippen LogP contribution in [0.2, 0.25) is 0 Å². The molecule has 1 aliphatic carbocycles. The molecule has 2 aliphatic rings. The lowest BCUT2D eigenvalue weighted by Crippen LogP contribution is -2.63. The summed E-state index contributed by atoms with van der Waals surface area (Å²) in [5, 5.41) is 4.01. The molecule has 1 aromatic rings. The second-order valence-electron chi connectivity index (χ2n) is 7.08. The van der Waals surface area contributed by atoms with Gasteiger partial charge in [0.1, 0.15) is 5.84 Å². The molecule has 0 spiro atoms. The topological polar surface area (TPSA) is 70.6 Å². The molecule has 0 saturated heterocycles. The highest BCUT2D eigenvalue weighted by Gasteiger charge is 2.65. The number of hydrogen-bond donors (Lipinski definition) is 2. The fourth-order valence-electron chi connectivity index (χ4n) is 3.60. The molecule has 27 heavy (non-hydrogen) atoms. The van der Waals surface area contributed by atoms with Crippen LogP contribution in [-0.2, 0) is 9.59 Å². The van der Waals surface area contributed by atoms with E-state index in [9.17, 15) is 22.8 Å². The van der Waals surface area contributed by atoms with Crippen LogP contribution in [0.3, 0.4) is 0 Å². The van der Waals surface area contributed by atoms with E-state index in [-0.39, 0.29) is 12.3 Å². The normalized spacial score (nSPS) is 23.7. The molecule has 1 aromatic carbocycles. The van der Waals surface area contributed by atoms with Crippen LogP contribution in [0, 0.1) is 5.92 Å². The Labute approximate surface area is 155 Å². The van der Waals surface area contributed by atoms with Crippen LogP contribution in [0.25, 0.3) is 0 Å². The summed E-state index contributed by atoms with van der Waals surface area (Å²) in [6.07, 6.45) is 0.758.